The minimum Gasteiger partial charge on any atom is -0.324 e. The molecular weight excluding hydrogens is 218 g/mol. The van der Waals surface area contributed by atoms with Crippen LogP contribution in [0.1, 0.15) is 15.9 Å². The van der Waals surface area contributed by atoms with Gasteiger partial charge in [-0.05, 0) is 30.7 Å². The Kier molecular flexibility index (Phi) is 3.06. The average Bonchev–Trinajstić information content (AvgIpc) is 2.81. The van der Waals surface area contributed by atoms with Crippen molar-refractivity contribution in [1.82, 2.24) is 10.2 Å². The number of amides is 1. The second kappa shape index (κ2) is 4.67. The molecule has 0 spiro atoms. The van der Waals surface area contributed by atoms with Crippen LogP contribution in [0.25, 0.3) is 0 Å². The number of anilines is 2. The van der Waals surface area contributed by atoms with Crippen LogP contribution in [-0.2, 0) is 0 Å². The highest BCUT2D eigenvalue weighted by Gasteiger charge is 2.08. The second-order valence-corrected chi connectivity index (χ2v) is 3.62. The Morgan fingerprint density at radius 2 is 2.29 bits per heavy atom. The maximum Gasteiger partial charge on any atom is 0.255 e. The number of hydrogen-bond donors (Lipinski definition) is 4. The van der Waals surface area contributed by atoms with Crippen molar-refractivity contribution in [3.05, 3.63) is 41.7 Å². The number of nitrogen functional groups attached to an aromatic ring is 1. The molecule has 0 aliphatic heterocycles. The van der Waals surface area contributed by atoms with Crippen LogP contribution in [0.5, 0.6) is 0 Å². The molecule has 6 nitrogen and oxygen atoms in total. The van der Waals surface area contributed by atoms with E-state index in [-0.39, 0.29) is 5.91 Å². The van der Waals surface area contributed by atoms with Crippen molar-refractivity contribution in [1.29, 1.82) is 0 Å². The molecule has 0 saturated heterocycles. The molecule has 88 valence electrons. The summed E-state index contributed by atoms with van der Waals surface area (Å²) in [5, 5.41) is 9.09. The molecule has 1 aromatic carbocycles. The van der Waals surface area contributed by atoms with Crippen molar-refractivity contribution >= 4 is 17.3 Å². The number of hydrogen-bond acceptors (Lipinski definition) is 4. The lowest BCUT2D eigenvalue weighted by Gasteiger charge is -2.07. The van der Waals surface area contributed by atoms with Crippen molar-refractivity contribution in [2.75, 3.05) is 10.7 Å². The predicted molar refractivity (Wildman–Crippen MR) is 65.5 cm³/mol. The summed E-state index contributed by atoms with van der Waals surface area (Å²) in [7, 11) is 0. The Bertz CT molecular complexity index is 521. The van der Waals surface area contributed by atoms with E-state index in [1.165, 1.54) is 0 Å². The molecule has 0 fully saturated rings. The van der Waals surface area contributed by atoms with Crippen molar-refractivity contribution < 1.29 is 4.79 Å². The number of carbonyl (C=O) groups excluding carboxylic acids is 1. The van der Waals surface area contributed by atoms with Crippen LogP contribution in [-0.4, -0.2) is 16.1 Å². The number of aromatic nitrogens is 2. The van der Waals surface area contributed by atoms with Crippen molar-refractivity contribution in [2.24, 2.45) is 5.84 Å². The minimum absolute atomic E-state index is 0.182. The van der Waals surface area contributed by atoms with E-state index >= 15 is 0 Å². The molecule has 0 aliphatic carbocycles. The minimum atomic E-state index is -0.182. The molecule has 0 saturated carbocycles. The van der Waals surface area contributed by atoms with Crippen molar-refractivity contribution in [3.63, 3.8) is 0 Å². The Hall–Kier alpha value is -2.34. The molecule has 0 aliphatic rings. The van der Waals surface area contributed by atoms with Gasteiger partial charge in [0.25, 0.3) is 5.91 Å². The summed E-state index contributed by atoms with van der Waals surface area (Å²) in [6, 6.07) is 5.24. The van der Waals surface area contributed by atoms with E-state index in [9.17, 15) is 4.79 Å². The van der Waals surface area contributed by atoms with Crippen LogP contribution >= 0.6 is 0 Å². The van der Waals surface area contributed by atoms with E-state index in [0.29, 0.717) is 11.3 Å². The third kappa shape index (κ3) is 2.43. The number of rotatable bonds is 3. The number of H-pyrrole nitrogens is 1. The van der Waals surface area contributed by atoms with E-state index < -0.39 is 0 Å². The van der Waals surface area contributed by atoms with Gasteiger partial charge in [-0.15, -0.1) is 0 Å². The highest BCUT2D eigenvalue weighted by atomic mass is 16.1. The highest BCUT2D eigenvalue weighted by molar-refractivity contribution is 6.04. The maximum absolute atomic E-state index is 11.9. The van der Waals surface area contributed by atoms with Gasteiger partial charge in [0.1, 0.15) is 0 Å². The fourth-order valence-corrected chi connectivity index (χ4v) is 1.49. The van der Waals surface area contributed by atoms with Crippen molar-refractivity contribution in [2.45, 2.75) is 6.92 Å². The molecule has 5 N–H and O–H groups in total. The zero-order valence-corrected chi connectivity index (χ0v) is 9.32. The zero-order chi connectivity index (χ0) is 12.3. The molecule has 0 unspecified atom stereocenters. The number of hydrazine groups is 1. The Balaban J connectivity index is 2.17. The number of carbonyl (C=O) groups is 1. The van der Waals surface area contributed by atoms with Gasteiger partial charge < -0.3 is 10.7 Å². The number of benzene rings is 1. The van der Waals surface area contributed by atoms with E-state index in [1.54, 1.807) is 30.6 Å². The molecule has 0 bridgehead atoms. The van der Waals surface area contributed by atoms with Gasteiger partial charge in [0.15, 0.2) is 0 Å². The van der Waals surface area contributed by atoms with Gasteiger partial charge in [0.2, 0.25) is 0 Å². The summed E-state index contributed by atoms with van der Waals surface area (Å²) in [5.41, 5.74) is 5.47. The molecule has 6 heteroatoms. The molecule has 2 rings (SSSR count). The number of nitrogens with zero attached hydrogens (tertiary/aromatic N) is 1. The molecule has 1 amide bonds. The Morgan fingerprint density at radius 3 is 2.88 bits per heavy atom. The quantitative estimate of drug-likeness (QED) is 0.472. The van der Waals surface area contributed by atoms with Crippen LogP contribution in [0.4, 0.5) is 11.4 Å². The number of aryl methyl sites for hydroxylation is 1. The molecule has 1 aromatic heterocycles. The summed E-state index contributed by atoms with van der Waals surface area (Å²) in [6.07, 6.45) is 3.15. The lowest BCUT2D eigenvalue weighted by atomic mass is 10.1. The standard InChI is InChI=1S/C11H13N5O/c1-7-4-8(2-3-10(7)16-12)11(17)15-9-5-13-14-6-9/h2-6,16H,12H2,1H3,(H,13,14)(H,15,17). The number of aromatic amines is 1. The first-order valence-electron chi connectivity index (χ1n) is 5.08. The molecule has 1 heterocycles. The average molecular weight is 231 g/mol. The zero-order valence-electron chi connectivity index (χ0n) is 9.32. The molecule has 2 aromatic rings. The summed E-state index contributed by atoms with van der Waals surface area (Å²) >= 11 is 0. The molecule has 0 atom stereocenters. The topological polar surface area (TPSA) is 95.8 Å². The highest BCUT2D eigenvalue weighted by Crippen LogP contribution is 2.16. The van der Waals surface area contributed by atoms with Gasteiger partial charge in [-0.25, -0.2) is 0 Å². The van der Waals surface area contributed by atoms with Crippen LogP contribution in [0.2, 0.25) is 0 Å². The fraction of sp³-hybridized carbons (Fsp3) is 0.0909. The Morgan fingerprint density at radius 1 is 1.47 bits per heavy atom. The summed E-state index contributed by atoms with van der Waals surface area (Å²) in [6.45, 7) is 1.88. The summed E-state index contributed by atoms with van der Waals surface area (Å²) < 4.78 is 0. The van der Waals surface area contributed by atoms with Gasteiger partial charge in [0.05, 0.1) is 17.6 Å². The fourth-order valence-electron chi connectivity index (χ4n) is 1.49. The van der Waals surface area contributed by atoms with Gasteiger partial charge in [-0.3, -0.25) is 15.7 Å². The van der Waals surface area contributed by atoms with Crippen LogP contribution < -0.4 is 16.6 Å². The largest absolute Gasteiger partial charge is 0.324 e. The third-order valence-corrected chi connectivity index (χ3v) is 2.40. The van der Waals surface area contributed by atoms with Crippen LogP contribution in [0.15, 0.2) is 30.6 Å². The van der Waals surface area contributed by atoms with E-state index in [4.69, 9.17) is 5.84 Å². The summed E-state index contributed by atoms with van der Waals surface area (Å²) in [5.74, 6) is 5.14. The van der Waals surface area contributed by atoms with E-state index in [1.807, 2.05) is 6.92 Å². The van der Waals surface area contributed by atoms with E-state index in [0.717, 1.165) is 11.3 Å². The first-order chi connectivity index (χ1) is 8.20. The van der Waals surface area contributed by atoms with Gasteiger partial charge in [-0.1, -0.05) is 0 Å². The maximum atomic E-state index is 11.9. The molecule has 17 heavy (non-hydrogen) atoms. The SMILES string of the molecule is Cc1cc(C(=O)Nc2cn[nH]c2)ccc1NN. The van der Waals surface area contributed by atoms with Gasteiger partial charge in [0, 0.05) is 11.8 Å². The second-order valence-electron chi connectivity index (χ2n) is 3.62. The monoisotopic (exact) mass is 231 g/mol. The number of nitrogens with one attached hydrogen (secondary N) is 3. The van der Waals surface area contributed by atoms with Crippen LogP contribution in [0.3, 0.4) is 0 Å². The van der Waals surface area contributed by atoms with Crippen molar-refractivity contribution in [3.8, 4) is 0 Å². The smallest absolute Gasteiger partial charge is 0.255 e. The van der Waals surface area contributed by atoms with Gasteiger partial charge >= 0.3 is 0 Å². The van der Waals surface area contributed by atoms with E-state index in [2.05, 4.69) is 20.9 Å². The predicted octanol–water partition coefficient (Wildman–Crippen LogP) is 1.26. The third-order valence-electron chi connectivity index (χ3n) is 2.40. The summed E-state index contributed by atoms with van der Waals surface area (Å²) in [4.78, 5) is 11.9. The number of nitrogens with two attached hydrogens (primary N) is 1. The van der Waals surface area contributed by atoms with Crippen LogP contribution in [0, 0.1) is 6.92 Å². The Labute approximate surface area is 98.2 Å². The molecule has 0 radical (unpaired) electrons. The normalized spacial score (nSPS) is 10.0. The lowest BCUT2D eigenvalue weighted by Crippen LogP contribution is -2.13. The molecular formula is C11H13N5O. The lowest BCUT2D eigenvalue weighted by molar-refractivity contribution is 0.102. The first-order valence-corrected chi connectivity index (χ1v) is 5.08. The first kappa shape index (κ1) is 11.2. The van der Waals surface area contributed by atoms with Gasteiger partial charge in [-0.2, -0.15) is 5.10 Å².